The number of amides is 2. The lowest BCUT2D eigenvalue weighted by Gasteiger charge is -2.12. The lowest BCUT2D eigenvalue weighted by atomic mass is 10.2. The Kier molecular flexibility index (Phi) is 6.21. The number of hydrogen-bond acceptors (Lipinski definition) is 7. The number of ether oxygens (including phenoxy) is 2. The van der Waals surface area contributed by atoms with Gasteiger partial charge in [0, 0.05) is 17.8 Å². The summed E-state index contributed by atoms with van der Waals surface area (Å²) in [6, 6.07) is 15.2. The number of methoxy groups -OCH3 is 1. The first-order chi connectivity index (χ1) is 16.1. The Balaban J connectivity index is 1.58. The predicted octanol–water partition coefficient (Wildman–Crippen LogP) is 4.20. The molecule has 0 unspecified atom stereocenters. The maximum atomic E-state index is 12.4. The van der Waals surface area contributed by atoms with E-state index in [1.54, 1.807) is 60.8 Å². The van der Waals surface area contributed by atoms with Crippen LogP contribution in [0.2, 0.25) is 0 Å². The lowest BCUT2D eigenvalue weighted by Crippen LogP contribution is -2.12. The van der Waals surface area contributed by atoms with Crippen molar-refractivity contribution in [3.05, 3.63) is 85.3 Å². The zero-order valence-electron chi connectivity index (χ0n) is 17.6. The van der Waals surface area contributed by atoms with Crippen LogP contribution in [0.15, 0.2) is 79.8 Å². The minimum atomic E-state index is -0.383. The molecule has 0 fully saturated rings. The molecule has 2 amide bonds. The summed E-state index contributed by atoms with van der Waals surface area (Å²) in [5, 5.41) is 5.98. The fourth-order valence-electron chi connectivity index (χ4n) is 3.00. The van der Waals surface area contributed by atoms with E-state index in [9.17, 15) is 9.59 Å². The zero-order chi connectivity index (χ0) is 23.2. The van der Waals surface area contributed by atoms with Gasteiger partial charge >= 0.3 is 0 Å². The van der Waals surface area contributed by atoms with Crippen LogP contribution >= 0.6 is 0 Å². The summed E-state index contributed by atoms with van der Waals surface area (Å²) in [5.74, 6) is 0.976. The molecule has 9 nitrogen and oxygen atoms in total. The van der Waals surface area contributed by atoms with E-state index in [0.29, 0.717) is 39.5 Å². The van der Waals surface area contributed by atoms with Crippen LogP contribution in [0.5, 0.6) is 17.4 Å². The molecular formula is C24H19N5O4. The summed E-state index contributed by atoms with van der Waals surface area (Å²) < 4.78 is 11.3. The van der Waals surface area contributed by atoms with Crippen LogP contribution in [0.25, 0.3) is 10.9 Å². The topological polar surface area (TPSA) is 115 Å². The van der Waals surface area contributed by atoms with Crippen molar-refractivity contribution in [3.8, 4) is 17.4 Å². The number of pyridine rings is 1. The summed E-state index contributed by atoms with van der Waals surface area (Å²) in [6.07, 6.45) is 4.13. The molecule has 2 heterocycles. The van der Waals surface area contributed by atoms with E-state index in [1.165, 1.54) is 13.4 Å². The van der Waals surface area contributed by atoms with Crippen LogP contribution in [-0.2, 0) is 4.79 Å². The molecule has 2 aromatic carbocycles. The van der Waals surface area contributed by atoms with Crippen LogP contribution in [0.4, 0.5) is 11.5 Å². The molecule has 0 aliphatic rings. The normalized spacial score (nSPS) is 10.3. The van der Waals surface area contributed by atoms with Crippen molar-refractivity contribution < 1.29 is 19.1 Å². The van der Waals surface area contributed by atoms with E-state index in [4.69, 9.17) is 9.47 Å². The van der Waals surface area contributed by atoms with Gasteiger partial charge in [0.1, 0.15) is 23.6 Å². The Labute approximate surface area is 189 Å². The molecule has 2 N–H and O–H groups in total. The highest BCUT2D eigenvalue weighted by Crippen LogP contribution is 2.34. The molecule has 0 radical (unpaired) electrons. The Hall–Kier alpha value is -4.79. The van der Waals surface area contributed by atoms with Gasteiger partial charge in [-0.05, 0) is 48.5 Å². The number of hydrogen-bond donors (Lipinski definition) is 2. The summed E-state index contributed by atoms with van der Waals surface area (Å²) in [5.41, 5.74) is 1.44. The molecule has 0 saturated heterocycles. The molecule has 0 saturated carbocycles. The van der Waals surface area contributed by atoms with Crippen molar-refractivity contribution in [3.63, 3.8) is 0 Å². The van der Waals surface area contributed by atoms with Crippen LogP contribution in [0.1, 0.15) is 10.4 Å². The van der Waals surface area contributed by atoms with E-state index >= 15 is 0 Å². The second kappa shape index (κ2) is 9.56. The molecule has 0 spiro atoms. The molecule has 164 valence electrons. The molecule has 0 aliphatic carbocycles. The van der Waals surface area contributed by atoms with Crippen LogP contribution < -0.4 is 20.1 Å². The summed E-state index contributed by atoms with van der Waals surface area (Å²) in [6.45, 7) is 3.46. The Morgan fingerprint density at radius 3 is 2.52 bits per heavy atom. The van der Waals surface area contributed by atoms with Crippen molar-refractivity contribution in [2.24, 2.45) is 0 Å². The quantitative estimate of drug-likeness (QED) is 0.413. The van der Waals surface area contributed by atoms with E-state index in [1.807, 2.05) is 0 Å². The van der Waals surface area contributed by atoms with Crippen molar-refractivity contribution in [2.75, 3.05) is 17.7 Å². The highest BCUT2D eigenvalue weighted by Gasteiger charge is 2.14. The fraction of sp³-hybridized carbons (Fsp3) is 0.0417. The monoisotopic (exact) mass is 441 g/mol. The summed E-state index contributed by atoms with van der Waals surface area (Å²) >= 11 is 0. The highest BCUT2D eigenvalue weighted by molar-refractivity contribution is 6.04. The van der Waals surface area contributed by atoms with Gasteiger partial charge in [0.25, 0.3) is 5.91 Å². The summed E-state index contributed by atoms with van der Waals surface area (Å²) in [7, 11) is 1.49. The average Bonchev–Trinajstić information content (AvgIpc) is 2.85. The van der Waals surface area contributed by atoms with Gasteiger partial charge in [-0.2, -0.15) is 0 Å². The first-order valence-electron chi connectivity index (χ1n) is 9.84. The standard InChI is InChI=1S/C24H19N5O4/c1-3-22(30)28-19-12-17-18(13-20(19)32-2)26-14-27-24(17)33-16-9-7-15(8-10-16)23(31)29-21-6-4-5-11-25-21/h3-14H,1H2,2H3,(H,28,30)(H,25,29,31). The Morgan fingerprint density at radius 2 is 1.82 bits per heavy atom. The number of benzene rings is 2. The molecule has 0 atom stereocenters. The minimum absolute atomic E-state index is 0.280. The summed E-state index contributed by atoms with van der Waals surface area (Å²) in [4.78, 5) is 36.7. The number of nitrogens with zero attached hydrogens (tertiary/aromatic N) is 3. The second-order valence-electron chi connectivity index (χ2n) is 6.74. The van der Waals surface area contributed by atoms with Crippen molar-refractivity contribution >= 4 is 34.2 Å². The number of rotatable bonds is 7. The number of aromatic nitrogens is 3. The van der Waals surface area contributed by atoms with Gasteiger partial charge in [0.05, 0.1) is 23.7 Å². The number of carbonyl (C=O) groups is 2. The third-order valence-electron chi connectivity index (χ3n) is 4.60. The van der Waals surface area contributed by atoms with Crippen LogP contribution in [0, 0.1) is 0 Å². The van der Waals surface area contributed by atoms with Crippen LogP contribution in [-0.4, -0.2) is 33.9 Å². The van der Waals surface area contributed by atoms with Gasteiger partial charge < -0.3 is 20.1 Å². The van der Waals surface area contributed by atoms with Gasteiger partial charge in [-0.3, -0.25) is 9.59 Å². The third kappa shape index (κ3) is 4.93. The zero-order valence-corrected chi connectivity index (χ0v) is 17.6. The van der Waals surface area contributed by atoms with Gasteiger partial charge in [-0.25, -0.2) is 15.0 Å². The fourth-order valence-corrected chi connectivity index (χ4v) is 3.00. The van der Waals surface area contributed by atoms with Crippen LogP contribution in [0.3, 0.4) is 0 Å². The predicted molar refractivity (Wildman–Crippen MR) is 124 cm³/mol. The first-order valence-corrected chi connectivity index (χ1v) is 9.84. The van der Waals surface area contributed by atoms with E-state index in [0.717, 1.165) is 6.08 Å². The maximum Gasteiger partial charge on any atom is 0.256 e. The Bertz CT molecular complexity index is 1320. The molecule has 33 heavy (non-hydrogen) atoms. The lowest BCUT2D eigenvalue weighted by molar-refractivity contribution is -0.111. The van der Waals surface area contributed by atoms with Gasteiger partial charge in [-0.1, -0.05) is 12.6 Å². The van der Waals surface area contributed by atoms with E-state index in [-0.39, 0.29) is 17.7 Å². The average molecular weight is 441 g/mol. The van der Waals surface area contributed by atoms with Crippen molar-refractivity contribution in [2.45, 2.75) is 0 Å². The van der Waals surface area contributed by atoms with E-state index in [2.05, 4.69) is 32.2 Å². The molecule has 9 heteroatoms. The van der Waals surface area contributed by atoms with Gasteiger partial charge in [0.15, 0.2) is 0 Å². The SMILES string of the molecule is C=CC(=O)Nc1cc2c(Oc3ccc(C(=O)Nc4ccccn4)cc3)ncnc2cc1OC. The molecule has 2 aromatic heterocycles. The number of nitrogens with one attached hydrogen (secondary N) is 2. The number of fused-ring (bicyclic) bond motifs is 1. The van der Waals surface area contributed by atoms with Gasteiger partial charge in [-0.15, -0.1) is 0 Å². The molecule has 4 aromatic rings. The number of anilines is 2. The molecular weight excluding hydrogens is 422 g/mol. The van der Waals surface area contributed by atoms with Crippen molar-refractivity contribution in [1.29, 1.82) is 0 Å². The van der Waals surface area contributed by atoms with Gasteiger partial charge in [0.2, 0.25) is 11.8 Å². The Morgan fingerprint density at radius 1 is 1.00 bits per heavy atom. The first kappa shape index (κ1) is 21.4. The molecule has 0 aliphatic heterocycles. The molecule has 4 rings (SSSR count). The number of carbonyl (C=O) groups excluding carboxylic acids is 2. The largest absolute Gasteiger partial charge is 0.494 e. The minimum Gasteiger partial charge on any atom is -0.494 e. The maximum absolute atomic E-state index is 12.4. The van der Waals surface area contributed by atoms with Crippen molar-refractivity contribution in [1.82, 2.24) is 15.0 Å². The smallest absolute Gasteiger partial charge is 0.256 e. The highest BCUT2D eigenvalue weighted by atomic mass is 16.5. The van der Waals surface area contributed by atoms with E-state index < -0.39 is 0 Å². The molecule has 0 bridgehead atoms. The third-order valence-corrected chi connectivity index (χ3v) is 4.60. The second-order valence-corrected chi connectivity index (χ2v) is 6.74.